The van der Waals surface area contributed by atoms with Crippen molar-refractivity contribution in [3.05, 3.63) is 24.3 Å². The molecule has 0 bridgehead atoms. The lowest BCUT2D eigenvalue weighted by Gasteiger charge is -2.28. The van der Waals surface area contributed by atoms with Gasteiger partial charge >= 0.3 is 8.80 Å². The first-order valence-electron chi connectivity index (χ1n) is 15.4. The minimum Gasteiger partial charge on any atom is -0.377 e. The van der Waals surface area contributed by atoms with E-state index in [1.54, 1.807) is 38.6 Å². The molecule has 5 nitrogen and oxygen atoms in total. The Kier molecular flexibility index (Phi) is 21.3. The Balaban J connectivity index is 0.00000263. The van der Waals surface area contributed by atoms with E-state index in [4.69, 9.17) is 18.1 Å². The van der Waals surface area contributed by atoms with Gasteiger partial charge in [-0.2, -0.15) is 0 Å². The maximum absolute atomic E-state index is 9.11. The first kappa shape index (κ1) is 38.1. The van der Waals surface area contributed by atoms with E-state index in [1.165, 1.54) is 82.4 Å². The standard InChI is InChI=1S/C28H56O3Si3.C3H5NO/c1-9-10-11-12-13-14-15-16-17-18-24-32(5,6)27-20-22-28(23-21-27)33(7,8)25-19-26-34(29-2,30-3)31-4;1-2-4-3-5/h20-23H,9-19,24-26H2,1-8H3;2H2,1H3. The largest absolute Gasteiger partial charge is 0.500 e. The zero-order chi connectivity index (χ0) is 29.6. The molecule has 0 aliphatic rings. The normalized spacial score (nSPS) is 12.0. The third-order valence-corrected chi connectivity index (χ3v) is 17.9. The van der Waals surface area contributed by atoms with Crippen LogP contribution in [0.4, 0.5) is 0 Å². The Morgan fingerprint density at radius 3 is 1.33 bits per heavy atom. The van der Waals surface area contributed by atoms with Gasteiger partial charge < -0.3 is 13.3 Å². The van der Waals surface area contributed by atoms with Crippen LogP contribution in [-0.2, 0) is 18.1 Å². The Labute approximate surface area is 244 Å². The molecular weight excluding hydrogens is 535 g/mol. The summed E-state index contributed by atoms with van der Waals surface area (Å²) in [4.78, 5) is 12.3. The highest BCUT2D eigenvalue weighted by atomic mass is 28.4. The molecule has 8 heteroatoms. The van der Waals surface area contributed by atoms with Gasteiger partial charge in [0.05, 0.1) is 16.1 Å². The number of rotatable bonds is 21. The summed E-state index contributed by atoms with van der Waals surface area (Å²) in [5.41, 5.74) is 0. The zero-order valence-corrected chi connectivity index (χ0v) is 30.0. The van der Waals surface area contributed by atoms with Gasteiger partial charge in [-0.05, 0) is 6.92 Å². The van der Waals surface area contributed by atoms with E-state index in [1.807, 2.05) is 0 Å². The van der Waals surface area contributed by atoms with Crippen molar-refractivity contribution in [2.45, 2.75) is 129 Å². The van der Waals surface area contributed by atoms with Crippen LogP contribution < -0.4 is 10.4 Å². The topological polar surface area (TPSA) is 57.1 Å². The predicted octanol–water partition coefficient (Wildman–Crippen LogP) is 8.05. The second kappa shape index (κ2) is 21.8. The lowest BCUT2D eigenvalue weighted by Crippen LogP contribution is -2.46. The number of unbranched alkanes of at least 4 members (excludes halogenated alkanes) is 9. The second-order valence-electron chi connectivity index (χ2n) is 12.0. The van der Waals surface area contributed by atoms with Crippen LogP contribution in [-0.4, -0.2) is 58.9 Å². The first-order chi connectivity index (χ1) is 18.6. The number of hydrogen-bond acceptors (Lipinski definition) is 5. The molecule has 1 aromatic carbocycles. The minimum atomic E-state index is -2.46. The Hall–Kier alpha value is -0.869. The summed E-state index contributed by atoms with van der Waals surface area (Å²) in [6.07, 6.45) is 16.7. The fourth-order valence-electron chi connectivity index (χ4n) is 5.08. The average molecular weight is 596 g/mol. The van der Waals surface area contributed by atoms with Gasteiger partial charge in [0.25, 0.3) is 0 Å². The molecule has 0 aliphatic carbocycles. The molecule has 226 valence electrons. The lowest BCUT2D eigenvalue weighted by molar-refractivity contribution is 0.123. The molecule has 0 atom stereocenters. The summed E-state index contributed by atoms with van der Waals surface area (Å²) in [5, 5.41) is 3.20. The Bertz CT molecular complexity index is 768. The smallest absolute Gasteiger partial charge is 0.377 e. The molecule has 0 fully saturated rings. The number of aliphatic imine (C=N–C) groups is 1. The van der Waals surface area contributed by atoms with Gasteiger partial charge in [-0.1, -0.05) is 150 Å². The summed E-state index contributed by atoms with van der Waals surface area (Å²) in [6, 6.07) is 13.4. The molecule has 0 N–H and O–H groups in total. The SMILES string of the molecule is CCCCCCCCCCCC[Si](C)(C)c1ccc([Si](C)(C)CCC[Si](OC)(OC)OC)cc1.CCN=C=O. The molecule has 0 spiro atoms. The quantitative estimate of drug-likeness (QED) is 0.0624. The van der Waals surface area contributed by atoms with Crippen LogP contribution in [0.25, 0.3) is 0 Å². The highest BCUT2D eigenvalue weighted by molar-refractivity contribution is 6.91. The van der Waals surface area contributed by atoms with E-state index in [2.05, 4.69) is 62.4 Å². The monoisotopic (exact) mass is 595 g/mol. The summed E-state index contributed by atoms with van der Waals surface area (Å²) in [6.45, 7) is 14.7. The van der Waals surface area contributed by atoms with Crippen molar-refractivity contribution in [1.29, 1.82) is 0 Å². The van der Waals surface area contributed by atoms with Crippen molar-refractivity contribution in [1.82, 2.24) is 0 Å². The van der Waals surface area contributed by atoms with E-state index in [0.29, 0.717) is 6.54 Å². The highest BCUT2D eigenvalue weighted by Gasteiger charge is 2.38. The van der Waals surface area contributed by atoms with Crippen LogP contribution >= 0.6 is 0 Å². The molecule has 0 aliphatic heterocycles. The van der Waals surface area contributed by atoms with Crippen molar-refractivity contribution in [3.8, 4) is 0 Å². The predicted molar refractivity (Wildman–Crippen MR) is 177 cm³/mol. The van der Waals surface area contributed by atoms with Crippen LogP contribution in [0.15, 0.2) is 29.3 Å². The second-order valence-corrected chi connectivity index (χ2v) is 24.8. The number of isocyanates is 1. The maximum atomic E-state index is 9.11. The van der Waals surface area contributed by atoms with Crippen LogP contribution in [0.1, 0.15) is 84.5 Å². The van der Waals surface area contributed by atoms with E-state index < -0.39 is 25.0 Å². The van der Waals surface area contributed by atoms with Crippen LogP contribution in [0.5, 0.6) is 0 Å². The van der Waals surface area contributed by atoms with Gasteiger partial charge in [0.2, 0.25) is 6.08 Å². The summed E-state index contributed by atoms with van der Waals surface area (Å²) < 4.78 is 16.8. The lowest BCUT2D eigenvalue weighted by atomic mass is 10.1. The third kappa shape index (κ3) is 16.2. The van der Waals surface area contributed by atoms with Crippen LogP contribution in [0.2, 0.25) is 44.3 Å². The molecule has 1 rings (SSSR count). The molecule has 0 radical (unpaired) electrons. The molecule has 0 amide bonds. The average Bonchev–Trinajstić information content (AvgIpc) is 2.93. The summed E-state index contributed by atoms with van der Waals surface area (Å²) >= 11 is 0. The molecule has 0 unspecified atom stereocenters. The van der Waals surface area contributed by atoms with Crippen LogP contribution in [0, 0.1) is 0 Å². The molecule has 0 aromatic heterocycles. The number of benzene rings is 1. The number of nitrogens with zero attached hydrogens (tertiary/aromatic N) is 1. The molecule has 0 heterocycles. The van der Waals surface area contributed by atoms with Crippen molar-refractivity contribution in [2.75, 3.05) is 27.9 Å². The minimum absolute atomic E-state index is 0.545. The van der Waals surface area contributed by atoms with E-state index in [0.717, 1.165) is 12.5 Å². The van der Waals surface area contributed by atoms with Gasteiger partial charge in [0, 0.05) is 33.9 Å². The highest BCUT2D eigenvalue weighted by Crippen LogP contribution is 2.22. The zero-order valence-electron chi connectivity index (χ0n) is 27.0. The van der Waals surface area contributed by atoms with Gasteiger partial charge in [0.15, 0.2) is 0 Å². The summed E-state index contributed by atoms with van der Waals surface area (Å²) in [7, 11) is -0.154. The van der Waals surface area contributed by atoms with E-state index in [9.17, 15) is 0 Å². The molecule has 0 saturated heterocycles. The molecular formula is C31H61NO4Si3. The van der Waals surface area contributed by atoms with E-state index >= 15 is 0 Å². The molecule has 39 heavy (non-hydrogen) atoms. The number of hydrogen-bond donors (Lipinski definition) is 0. The third-order valence-electron chi connectivity index (χ3n) is 8.04. The van der Waals surface area contributed by atoms with E-state index in [-0.39, 0.29) is 0 Å². The Morgan fingerprint density at radius 1 is 0.615 bits per heavy atom. The van der Waals surface area contributed by atoms with Crippen molar-refractivity contribution in [3.63, 3.8) is 0 Å². The van der Waals surface area contributed by atoms with Gasteiger partial charge in [-0.3, -0.25) is 0 Å². The number of carbonyl (C=O) groups excluding carboxylic acids is 1. The fourth-order valence-corrected chi connectivity index (χ4v) is 12.1. The van der Waals surface area contributed by atoms with Gasteiger partial charge in [0.1, 0.15) is 0 Å². The van der Waals surface area contributed by atoms with Crippen molar-refractivity contribution < 1.29 is 18.1 Å². The summed E-state index contributed by atoms with van der Waals surface area (Å²) in [5.74, 6) is 0. The first-order valence-corrected chi connectivity index (χ1v) is 23.7. The molecule has 1 aromatic rings. The fraction of sp³-hybridized carbons (Fsp3) is 0.774. The van der Waals surface area contributed by atoms with Gasteiger partial charge in [-0.15, -0.1) is 0 Å². The van der Waals surface area contributed by atoms with Crippen molar-refractivity contribution >= 4 is 41.4 Å². The molecule has 0 saturated carbocycles. The maximum Gasteiger partial charge on any atom is 0.500 e. The van der Waals surface area contributed by atoms with Gasteiger partial charge in [-0.25, -0.2) is 9.79 Å². The van der Waals surface area contributed by atoms with Crippen LogP contribution in [0.3, 0.4) is 0 Å². The van der Waals surface area contributed by atoms with Crippen molar-refractivity contribution in [2.24, 2.45) is 4.99 Å². The Morgan fingerprint density at radius 2 is 1.00 bits per heavy atom.